The molecule has 0 unspecified atom stereocenters. The number of benzene rings is 3. The van der Waals surface area contributed by atoms with Gasteiger partial charge in [0.15, 0.2) is 0 Å². The van der Waals surface area contributed by atoms with Crippen molar-refractivity contribution in [2.24, 2.45) is 0 Å². The predicted octanol–water partition coefficient (Wildman–Crippen LogP) is 5.87. The molecule has 2 heteroatoms. The molecule has 0 heterocycles. The van der Waals surface area contributed by atoms with E-state index in [0.717, 1.165) is 12.8 Å². The van der Waals surface area contributed by atoms with Gasteiger partial charge in [-0.25, -0.2) is 0 Å². The van der Waals surface area contributed by atoms with E-state index in [2.05, 4.69) is 95.3 Å². The smallest absolute Gasteiger partial charge is 0.307 e. The van der Waals surface area contributed by atoms with Crippen LogP contribution in [0.3, 0.4) is 0 Å². The summed E-state index contributed by atoms with van der Waals surface area (Å²) in [5, 5.41) is 0. The van der Waals surface area contributed by atoms with Gasteiger partial charge in [0.05, 0.1) is 0 Å². The van der Waals surface area contributed by atoms with Crippen molar-refractivity contribution in [1.29, 1.82) is 0 Å². The quantitative estimate of drug-likeness (QED) is 0.317. The molecule has 0 aromatic heterocycles. The van der Waals surface area contributed by atoms with Crippen LogP contribution in [-0.2, 0) is 11.2 Å². The van der Waals surface area contributed by atoms with E-state index >= 15 is 0 Å². The summed E-state index contributed by atoms with van der Waals surface area (Å²) in [6, 6.07) is 26.3. The van der Waals surface area contributed by atoms with Crippen molar-refractivity contribution in [3.8, 4) is 0 Å². The van der Waals surface area contributed by atoms with Gasteiger partial charge in [-0.3, -0.25) is 0 Å². The molecule has 0 aliphatic heterocycles. The predicted molar refractivity (Wildman–Crippen MR) is 155 cm³/mol. The molecule has 0 saturated heterocycles. The summed E-state index contributed by atoms with van der Waals surface area (Å²) in [4.78, 5) is 8.00. The van der Waals surface area contributed by atoms with E-state index in [0.29, 0.717) is 0 Å². The first-order valence-electron chi connectivity index (χ1n) is 12.4. The van der Waals surface area contributed by atoms with Gasteiger partial charge in [-0.1, -0.05) is 75.4 Å². The van der Waals surface area contributed by atoms with Gasteiger partial charge in [0.2, 0.25) is 0 Å². The molecule has 2 aliphatic carbocycles. The zero-order valence-electron chi connectivity index (χ0n) is 23.2. The second-order valence-electron chi connectivity index (χ2n) is 9.35. The second-order valence-corrected chi connectivity index (χ2v) is 9.35. The number of aryl methyl sites for hydroxylation is 2. The zero-order chi connectivity index (χ0) is 26.2. The molecule has 2 aliphatic rings. The van der Waals surface area contributed by atoms with Gasteiger partial charge in [0.25, 0.3) is 0 Å². The summed E-state index contributed by atoms with van der Waals surface area (Å²) >= 11 is 0. The SMILES string of the molecule is C=C1C(C)=C(C2=CC(C)=C(c3ccccc3)C2)Cc2c([CH-]C)cc(C)cc21.C=O.Cc1[c-]cccc1.[K+]. The molecular weight excluding hydrogens is 475 g/mol. The first kappa shape index (κ1) is 31.0. The topological polar surface area (TPSA) is 17.1 Å². The van der Waals surface area contributed by atoms with Gasteiger partial charge in [-0.2, -0.15) is 53.9 Å². The van der Waals surface area contributed by atoms with Crippen molar-refractivity contribution in [2.45, 2.75) is 47.5 Å². The Morgan fingerprint density at radius 3 is 2.11 bits per heavy atom. The van der Waals surface area contributed by atoms with Crippen molar-refractivity contribution in [2.75, 3.05) is 0 Å². The number of carbonyl (C=O) groups excluding carboxylic acids is 1. The first-order valence-corrected chi connectivity index (χ1v) is 12.4. The molecular formula is C35H36KO-. The monoisotopic (exact) mass is 511 g/mol. The van der Waals surface area contributed by atoms with Gasteiger partial charge in [-0.05, 0) is 65.7 Å². The van der Waals surface area contributed by atoms with Gasteiger partial charge in [0.1, 0.15) is 6.79 Å². The van der Waals surface area contributed by atoms with Gasteiger partial charge in [0, 0.05) is 0 Å². The van der Waals surface area contributed by atoms with Crippen LogP contribution in [0.25, 0.3) is 11.1 Å². The van der Waals surface area contributed by atoms with Crippen LogP contribution < -0.4 is 51.4 Å². The maximum Gasteiger partial charge on any atom is 1.00 e. The summed E-state index contributed by atoms with van der Waals surface area (Å²) in [6.45, 7) is 17.3. The van der Waals surface area contributed by atoms with Crippen molar-refractivity contribution in [3.05, 3.63) is 148 Å². The van der Waals surface area contributed by atoms with E-state index in [1.165, 1.54) is 66.8 Å². The van der Waals surface area contributed by atoms with Crippen molar-refractivity contribution in [3.63, 3.8) is 0 Å². The minimum atomic E-state index is 0. The van der Waals surface area contributed by atoms with Crippen molar-refractivity contribution < 1.29 is 56.2 Å². The molecule has 1 nitrogen and oxygen atoms in total. The van der Waals surface area contributed by atoms with E-state index < -0.39 is 0 Å². The van der Waals surface area contributed by atoms with Crippen LogP contribution in [0.5, 0.6) is 0 Å². The Morgan fingerprint density at radius 1 is 0.865 bits per heavy atom. The molecule has 0 spiro atoms. The summed E-state index contributed by atoms with van der Waals surface area (Å²) in [7, 11) is 0. The Balaban J connectivity index is 0.000000413. The van der Waals surface area contributed by atoms with Gasteiger partial charge in [-0.15, -0.1) is 11.1 Å². The van der Waals surface area contributed by atoms with E-state index in [1.807, 2.05) is 38.0 Å². The molecule has 184 valence electrons. The fourth-order valence-electron chi connectivity index (χ4n) is 4.99. The van der Waals surface area contributed by atoms with Gasteiger partial charge < -0.3 is 4.79 Å². The number of fused-ring (bicyclic) bond motifs is 1. The van der Waals surface area contributed by atoms with Crippen LogP contribution in [0.2, 0.25) is 0 Å². The summed E-state index contributed by atoms with van der Waals surface area (Å²) in [5.41, 5.74) is 16.3. The summed E-state index contributed by atoms with van der Waals surface area (Å²) in [5.74, 6) is 0. The van der Waals surface area contributed by atoms with Crippen LogP contribution in [0.15, 0.2) is 102 Å². The molecule has 3 aromatic rings. The first-order chi connectivity index (χ1) is 17.4. The van der Waals surface area contributed by atoms with E-state index in [9.17, 15) is 0 Å². The Bertz CT molecular complexity index is 1320. The minimum Gasteiger partial charge on any atom is -0.307 e. The van der Waals surface area contributed by atoms with Crippen LogP contribution in [0, 0.1) is 26.3 Å². The fourth-order valence-corrected chi connectivity index (χ4v) is 4.99. The Labute approximate surface area is 266 Å². The number of hydrogen-bond donors (Lipinski definition) is 0. The largest absolute Gasteiger partial charge is 1.00 e. The van der Waals surface area contributed by atoms with Crippen molar-refractivity contribution >= 4 is 17.9 Å². The molecule has 0 amide bonds. The van der Waals surface area contributed by atoms with Gasteiger partial charge >= 0.3 is 51.4 Å². The number of hydrogen-bond acceptors (Lipinski definition) is 1. The molecule has 0 fully saturated rings. The van der Waals surface area contributed by atoms with Crippen LogP contribution in [0.1, 0.15) is 60.6 Å². The van der Waals surface area contributed by atoms with Crippen LogP contribution in [0.4, 0.5) is 0 Å². The maximum absolute atomic E-state index is 8.00. The molecule has 0 saturated carbocycles. The van der Waals surface area contributed by atoms with E-state index in [4.69, 9.17) is 4.79 Å². The molecule has 0 radical (unpaired) electrons. The van der Waals surface area contributed by atoms with E-state index in [1.54, 1.807) is 0 Å². The molecule has 0 bridgehead atoms. The number of rotatable bonds is 3. The minimum absolute atomic E-state index is 0. The number of allylic oxidation sites excluding steroid dienone is 7. The third kappa shape index (κ3) is 7.43. The average molecular weight is 512 g/mol. The van der Waals surface area contributed by atoms with Crippen LogP contribution in [-0.4, -0.2) is 6.79 Å². The zero-order valence-corrected chi connectivity index (χ0v) is 26.4. The molecule has 0 N–H and O–H groups in total. The average Bonchev–Trinajstić information content (AvgIpc) is 3.29. The Kier molecular flexibility index (Phi) is 12.3. The van der Waals surface area contributed by atoms with Crippen molar-refractivity contribution in [1.82, 2.24) is 0 Å². The Morgan fingerprint density at radius 2 is 1.54 bits per heavy atom. The van der Waals surface area contributed by atoms with E-state index in [-0.39, 0.29) is 51.4 Å². The van der Waals surface area contributed by atoms with Crippen LogP contribution >= 0.6 is 0 Å². The molecule has 3 aromatic carbocycles. The standard InChI is InChI=1S/C27H27.C7H7.CH2O.K/c1-6-21-12-17(2)13-26-20(5)19(4)25(16-27(21)26)23-14-18(3)24(15-23)22-10-8-7-9-11-22;1-7-5-3-2-4-6-7;1-2;/h6-14H,5,15-16H2,1-4H3;2-5H,1H3;1H2;/q2*-1;;+1. The summed E-state index contributed by atoms with van der Waals surface area (Å²) in [6.07, 6.45) is 6.64. The third-order valence-electron chi connectivity index (χ3n) is 6.93. The summed E-state index contributed by atoms with van der Waals surface area (Å²) < 4.78 is 0. The molecule has 37 heavy (non-hydrogen) atoms. The third-order valence-corrected chi connectivity index (χ3v) is 6.93. The Hall–Kier alpha value is -2.20. The molecule has 0 atom stereocenters. The molecule has 5 rings (SSSR count). The second kappa shape index (κ2) is 14.7. The fraction of sp³-hybridized carbons (Fsp3) is 0.200. The normalized spacial score (nSPS) is 13.9. The maximum atomic E-state index is 8.00. The number of carbonyl (C=O) groups is 1.